The first-order valence-electron chi connectivity index (χ1n) is 5.37. The molecule has 0 aliphatic heterocycles. The fourth-order valence-corrected chi connectivity index (χ4v) is 1.68. The van der Waals surface area contributed by atoms with Crippen molar-refractivity contribution in [3.05, 3.63) is 29.8 Å². The third-order valence-electron chi connectivity index (χ3n) is 2.92. The van der Waals surface area contributed by atoms with Gasteiger partial charge in [-0.3, -0.25) is 0 Å². The monoisotopic (exact) mass is 190 g/mol. The summed E-state index contributed by atoms with van der Waals surface area (Å²) in [5.41, 5.74) is 1.92. The van der Waals surface area contributed by atoms with Crippen LogP contribution in [0.3, 0.4) is 0 Å². The van der Waals surface area contributed by atoms with Gasteiger partial charge in [0.25, 0.3) is 0 Å². The van der Waals surface area contributed by atoms with Crippen LogP contribution in [-0.4, -0.2) is 6.10 Å². The maximum Gasteiger partial charge on any atom is 0.119 e. The lowest BCUT2D eigenvalue weighted by Crippen LogP contribution is -2.06. The van der Waals surface area contributed by atoms with Crippen LogP contribution < -0.4 is 4.74 Å². The van der Waals surface area contributed by atoms with Crippen LogP contribution in [0, 0.1) is 0 Å². The first kappa shape index (κ1) is 9.57. The van der Waals surface area contributed by atoms with Crippen molar-refractivity contribution in [2.75, 3.05) is 0 Å². The van der Waals surface area contributed by atoms with Crippen molar-refractivity contribution in [1.29, 1.82) is 0 Å². The maximum absolute atomic E-state index is 5.60. The first-order valence-corrected chi connectivity index (χ1v) is 5.37. The van der Waals surface area contributed by atoms with Crippen LogP contribution in [-0.2, 0) is 5.41 Å². The van der Waals surface area contributed by atoms with Gasteiger partial charge in [0.05, 0.1) is 6.10 Å². The summed E-state index contributed by atoms with van der Waals surface area (Å²) in [6.45, 7) is 6.43. The molecule has 1 heteroatoms. The van der Waals surface area contributed by atoms with Crippen molar-refractivity contribution in [3.8, 4) is 5.75 Å². The van der Waals surface area contributed by atoms with Crippen LogP contribution in [0.1, 0.15) is 39.2 Å². The van der Waals surface area contributed by atoms with E-state index in [0.29, 0.717) is 5.41 Å². The average molecular weight is 190 g/mol. The highest BCUT2D eigenvalue weighted by Crippen LogP contribution is 2.47. The van der Waals surface area contributed by atoms with Gasteiger partial charge < -0.3 is 4.74 Å². The smallest absolute Gasteiger partial charge is 0.119 e. The van der Waals surface area contributed by atoms with Crippen molar-refractivity contribution in [2.45, 2.75) is 45.1 Å². The standard InChI is InChI=1S/C13H18O/c1-10(2)14-12-6-4-11(5-7-12)13(3)8-9-13/h4-7,10H,8-9H2,1-3H3. The summed E-state index contributed by atoms with van der Waals surface area (Å²) in [5.74, 6) is 0.980. The van der Waals surface area contributed by atoms with Gasteiger partial charge in [-0.1, -0.05) is 19.1 Å². The van der Waals surface area contributed by atoms with E-state index in [1.54, 1.807) is 0 Å². The molecule has 1 saturated carbocycles. The second-order valence-electron chi connectivity index (χ2n) is 4.75. The minimum Gasteiger partial charge on any atom is -0.491 e. The predicted molar refractivity (Wildman–Crippen MR) is 58.8 cm³/mol. The SMILES string of the molecule is CC(C)Oc1ccc(C2(C)CC2)cc1. The van der Waals surface area contributed by atoms with Gasteiger partial charge in [-0.15, -0.1) is 0 Å². The molecule has 0 spiro atoms. The molecule has 0 N–H and O–H groups in total. The van der Waals surface area contributed by atoms with Crippen LogP contribution in [0.25, 0.3) is 0 Å². The molecule has 1 fully saturated rings. The van der Waals surface area contributed by atoms with E-state index in [1.807, 2.05) is 0 Å². The molecule has 76 valence electrons. The molecule has 1 nitrogen and oxygen atoms in total. The first-order chi connectivity index (χ1) is 6.60. The molecule has 1 aromatic rings. The van der Waals surface area contributed by atoms with Gasteiger partial charge in [0.1, 0.15) is 5.75 Å². The van der Waals surface area contributed by atoms with E-state index in [4.69, 9.17) is 4.74 Å². The summed E-state index contributed by atoms with van der Waals surface area (Å²) in [6, 6.07) is 8.56. The number of hydrogen-bond donors (Lipinski definition) is 0. The molecule has 0 aromatic heterocycles. The molecule has 0 heterocycles. The van der Waals surface area contributed by atoms with Gasteiger partial charge in [-0.2, -0.15) is 0 Å². The Morgan fingerprint density at radius 3 is 2.14 bits per heavy atom. The summed E-state index contributed by atoms with van der Waals surface area (Å²) in [5, 5.41) is 0. The Labute approximate surface area is 86.1 Å². The lowest BCUT2D eigenvalue weighted by atomic mass is 9.99. The Morgan fingerprint density at radius 1 is 1.14 bits per heavy atom. The van der Waals surface area contributed by atoms with E-state index in [-0.39, 0.29) is 6.10 Å². The number of benzene rings is 1. The molecule has 0 radical (unpaired) electrons. The maximum atomic E-state index is 5.60. The van der Waals surface area contributed by atoms with Gasteiger partial charge in [0.2, 0.25) is 0 Å². The lowest BCUT2D eigenvalue weighted by molar-refractivity contribution is 0.242. The quantitative estimate of drug-likeness (QED) is 0.708. The summed E-state index contributed by atoms with van der Waals surface area (Å²) in [6.07, 6.45) is 2.92. The molecule has 0 saturated heterocycles. The van der Waals surface area contributed by atoms with Crippen molar-refractivity contribution in [2.24, 2.45) is 0 Å². The van der Waals surface area contributed by atoms with Gasteiger partial charge in [-0.25, -0.2) is 0 Å². The highest BCUT2D eigenvalue weighted by Gasteiger charge is 2.38. The van der Waals surface area contributed by atoms with E-state index >= 15 is 0 Å². The molecule has 0 atom stereocenters. The molecule has 2 rings (SSSR count). The lowest BCUT2D eigenvalue weighted by Gasteiger charge is -2.12. The Bertz CT molecular complexity index is 307. The highest BCUT2D eigenvalue weighted by atomic mass is 16.5. The molecule has 14 heavy (non-hydrogen) atoms. The fourth-order valence-electron chi connectivity index (χ4n) is 1.68. The number of ether oxygens (including phenoxy) is 1. The predicted octanol–water partition coefficient (Wildman–Crippen LogP) is 3.53. The van der Waals surface area contributed by atoms with Crippen molar-refractivity contribution in [1.82, 2.24) is 0 Å². The van der Waals surface area contributed by atoms with Gasteiger partial charge >= 0.3 is 0 Å². The third-order valence-corrected chi connectivity index (χ3v) is 2.92. The Balaban J connectivity index is 2.10. The Hall–Kier alpha value is -0.980. The van der Waals surface area contributed by atoms with Crippen LogP contribution >= 0.6 is 0 Å². The minimum absolute atomic E-state index is 0.261. The summed E-state index contributed by atoms with van der Waals surface area (Å²) in [4.78, 5) is 0. The van der Waals surface area contributed by atoms with Crippen molar-refractivity contribution < 1.29 is 4.74 Å². The van der Waals surface area contributed by atoms with Crippen LogP contribution in [0.5, 0.6) is 5.75 Å². The fraction of sp³-hybridized carbons (Fsp3) is 0.538. The van der Waals surface area contributed by atoms with E-state index in [9.17, 15) is 0 Å². The van der Waals surface area contributed by atoms with Gasteiger partial charge in [-0.05, 0) is 49.8 Å². The number of rotatable bonds is 3. The van der Waals surface area contributed by atoms with Crippen molar-refractivity contribution >= 4 is 0 Å². The third kappa shape index (κ3) is 1.92. The van der Waals surface area contributed by atoms with Crippen LogP contribution in [0.4, 0.5) is 0 Å². The number of hydrogen-bond acceptors (Lipinski definition) is 1. The highest BCUT2D eigenvalue weighted by molar-refractivity contribution is 5.35. The Kier molecular flexibility index (Phi) is 2.26. The molecule has 1 aliphatic rings. The normalized spacial score (nSPS) is 18.3. The molecular formula is C13H18O. The zero-order valence-corrected chi connectivity index (χ0v) is 9.21. The topological polar surface area (TPSA) is 9.23 Å². The van der Waals surface area contributed by atoms with Crippen LogP contribution in [0.15, 0.2) is 24.3 Å². The van der Waals surface area contributed by atoms with E-state index in [0.717, 1.165) is 5.75 Å². The summed E-state index contributed by atoms with van der Waals surface area (Å²) >= 11 is 0. The van der Waals surface area contributed by atoms with E-state index in [1.165, 1.54) is 18.4 Å². The molecule has 0 unspecified atom stereocenters. The second kappa shape index (κ2) is 3.30. The minimum atomic E-state index is 0.261. The summed E-state index contributed by atoms with van der Waals surface area (Å²) in [7, 11) is 0. The zero-order valence-electron chi connectivity index (χ0n) is 9.21. The largest absolute Gasteiger partial charge is 0.491 e. The van der Waals surface area contributed by atoms with Crippen LogP contribution in [0.2, 0.25) is 0 Å². The molecule has 0 bridgehead atoms. The molecular weight excluding hydrogens is 172 g/mol. The van der Waals surface area contributed by atoms with Gasteiger partial charge in [0, 0.05) is 0 Å². The van der Waals surface area contributed by atoms with Crippen molar-refractivity contribution in [3.63, 3.8) is 0 Å². The average Bonchev–Trinajstić information content (AvgIpc) is 2.85. The summed E-state index contributed by atoms with van der Waals surface area (Å²) < 4.78 is 5.60. The zero-order chi connectivity index (χ0) is 10.2. The second-order valence-corrected chi connectivity index (χ2v) is 4.75. The molecule has 1 aliphatic carbocycles. The van der Waals surface area contributed by atoms with E-state index < -0.39 is 0 Å². The van der Waals surface area contributed by atoms with Gasteiger partial charge in [0.15, 0.2) is 0 Å². The Morgan fingerprint density at radius 2 is 1.71 bits per heavy atom. The molecule has 0 amide bonds. The molecule has 1 aromatic carbocycles. The van der Waals surface area contributed by atoms with E-state index in [2.05, 4.69) is 45.0 Å².